The molecule has 108 valence electrons. The summed E-state index contributed by atoms with van der Waals surface area (Å²) in [6, 6.07) is 5.62. The summed E-state index contributed by atoms with van der Waals surface area (Å²) in [6.07, 6.45) is 0.294. The molecule has 0 bridgehead atoms. The lowest BCUT2D eigenvalue weighted by Crippen LogP contribution is -2.28. The summed E-state index contributed by atoms with van der Waals surface area (Å²) in [5.41, 5.74) is 2.51. The fraction of sp³-hybridized carbons (Fsp3) is 0.429. The molecule has 0 aliphatic carbocycles. The molecule has 1 aromatic carbocycles. The number of carbonyl (C=O) groups excluding carboxylic acids is 1. The van der Waals surface area contributed by atoms with E-state index in [9.17, 15) is 9.59 Å². The largest absolute Gasteiger partial charge is 0.383 e. The van der Waals surface area contributed by atoms with Crippen molar-refractivity contribution in [2.75, 3.05) is 20.3 Å². The summed E-state index contributed by atoms with van der Waals surface area (Å²) in [7, 11) is 5.06. The summed E-state index contributed by atoms with van der Waals surface area (Å²) < 4.78 is 8.06. The van der Waals surface area contributed by atoms with Crippen LogP contribution in [0.15, 0.2) is 23.0 Å². The number of nitrogens with one attached hydrogen (secondary N) is 1. The molecule has 1 heterocycles. The Labute approximate surface area is 117 Å². The Balaban J connectivity index is 2.18. The maximum absolute atomic E-state index is 11.8. The molecule has 1 amide bonds. The van der Waals surface area contributed by atoms with E-state index in [1.54, 1.807) is 30.3 Å². The monoisotopic (exact) mass is 277 g/mol. The minimum absolute atomic E-state index is 0.0534. The maximum Gasteiger partial charge on any atom is 0.328 e. The van der Waals surface area contributed by atoms with E-state index in [0.717, 1.165) is 16.6 Å². The molecule has 0 atom stereocenters. The molecule has 0 aliphatic heterocycles. The second kappa shape index (κ2) is 5.92. The number of aromatic nitrogens is 2. The van der Waals surface area contributed by atoms with Gasteiger partial charge in [-0.25, -0.2) is 4.79 Å². The first-order valence-electron chi connectivity index (χ1n) is 6.44. The number of benzene rings is 1. The van der Waals surface area contributed by atoms with Crippen molar-refractivity contribution < 1.29 is 9.53 Å². The third kappa shape index (κ3) is 2.75. The smallest absolute Gasteiger partial charge is 0.328 e. The number of carbonyl (C=O) groups is 1. The summed E-state index contributed by atoms with van der Waals surface area (Å²) in [4.78, 5) is 23.6. The number of hydrogen-bond acceptors (Lipinski definition) is 3. The van der Waals surface area contributed by atoms with E-state index >= 15 is 0 Å². The fourth-order valence-corrected chi connectivity index (χ4v) is 2.20. The number of hydrogen-bond donors (Lipinski definition) is 1. The van der Waals surface area contributed by atoms with Gasteiger partial charge in [-0.15, -0.1) is 0 Å². The van der Waals surface area contributed by atoms with Gasteiger partial charge in [0.15, 0.2) is 0 Å². The molecule has 0 spiro atoms. The van der Waals surface area contributed by atoms with Crippen molar-refractivity contribution in [2.45, 2.75) is 6.42 Å². The van der Waals surface area contributed by atoms with Crippen molar-refractivity contribution in [3.8, 4) is 0 Å². The lowest BCUT2D eigenvalue weighted by Gasteiger charge is -2.05. The van der Waals surface area contributed by atoms with E-state index < -0.39 is 0 Å². The Bertz CT molecular complexity index is 685. The van der Waals surface area contributed by atoms with E-state index in [4.69, 9.17) is 4.74 Å². The Morgan fingerprint density at radius 2 is 1.95 bits per heavy atom. The predicted octanol–water partition coefficient (Wildman–Crippen LogP) is 0.182. The SMILES string of the molecule is COCCNC(=O)Cc1ccc2c(c1)n(C)c(=O)n2C. The molecule has 2 aromatic rings. The van der Waals surface area contributed by atoms with Crippen LogP contribution < -0.4 is 11.0 Å². The summed E-state index contributed by atoms with van der Waals surface area (Å²) in [5, 5.41) is 2.77. The summed E-state index contributed by atoms with van der Waals surface area (Å²) in [6.45, 7) is 0.999. The molecule has 0 saturated heterocycles. The highest BCUT2D eigenvalue weighted by Crippen LogP contribution is 2.14. The van der Waals surface area contributed by atoms with Gasteiger partial charge in [-0.05, 0) is 17.7 Å². The van der Waals surface area contributed by atoms with E-state index in [0.29, 0.717) is 19.6 Å². The third-order valence-corrected chi connectivity index (χ3v) is 3.33. The minimum atomic E-state index is -0.0679. The lowest BCUT2D eigenvalue weighted by molar-refractivity contribution is -0.120. The Kier molecular flexibility index (Phi) is 4.24. The molecule has 6 heteroatoms. The zero-order valence-corrected chi connectivity index (χ0v) is 12.0. The number of fused-ring (bicyclic) bond motifs is 1. The van der Waals surface area contributed by atoms with Gasteiger partial charge < -0.3 is 10.1 Å². The van der Waals surface area contributed by atoms with Crippen LogP contribution in [0.25, 0.3) is 11.0 Å². The molecule has 0 unspecified atom stereocenters. The normalized spacial score (nSPS) is 10.9. The van der Waals surface area contributed by atoms with Crippen LogP contribution in [-0.2, 0) is 30.0 Å². The molecule has 20 heavy (non-hydrogen) atoms. The number of methoxy groups -OCH3 is 1. The van der Waals surface area contributed by atoms with Crippen molar-refractivity contribution in [1.29, 1.82) is 0 Å². The number of amides is 1. The maximum atomic E-state index is 11.8. The van der Waals surface area contributed by atoms with Crippen LogP contribution >= 0.6 is 0 Å². The second-order valence-electron chi connectivity index (χ2n) is 4.74. The van der Waals surface area contributed by atoms with Gasteiger partial charge in [0.1, 0.15) is 0 Å². The predicted molar refractivity (Wildman–Crippen MR) is 76.7 cm³/mol. The molecule has 6 nitrogen and oxygen atoms in total. The number of aryl methyl sites for hydroxylation is 2. The lowest BCUT2D eigenvalue weighted by atomic mass is 10.1. The molecular weight excluding hydrogens is 258 g/mol. The van der Waals surface area contributed by atoms with Crippen molar-refractivity contribution in [3.05, 3.63) is 34.2 Å². The molecule has 0 saturated carbocycles. The van der Waals surface area contributed by atoms with Crippen LogP contribution in [0.3, 0.4) is 0 Å². The average Bonchev–Trinajstić information content (AvgIpc) is 2.64. The van der Waals surface area contributed by atoms with Crippen molar-refractivity contribution in [3.63, 3.8) is 0 Å². The second-order valence-corrected chi connectivity index (χ2v) is 4.74. The number of nitrogens with zero attached hydrogens (tertiary/aromatic N) is 2. The number of ether oxygens (including phenoxy) is 1. The molecule has 0 radical (unpaired) electrons. The summed E-state index contributed by atoms with van der Waals surface area (Å²) in [5.74, 6) is -0.0534. The minimum Gasteiger partial charge on any atom is -0.383 e. The highest BCUT2D eigenvalue weighted by Gasteiger charge is 2.09. The van der Waals surface area contributed by atoms with Gasteiger partial charge in [0.05, 0.1) is 24.1 Å². The van der Waals surface area contributed by atoms with Crippen molar-refractivity contribution in [1.82, 2.24) is 14.5 Å². The zero-order chi connectivity index (χ0) is 14.7. The van der Waals surface area contributed by atoms with Gasteiger partial charge in [-0.2, -0.15) is 0 Å². The van der Waals surface area contributed by atoms with Crippen molar-refractivity contribution in [2.24, 2.45) is 14.1 Å². The van der Waals surface area contributed by atoms with Crippen LogP contribution in [-0.4, -0.2) is 35.3 Å². The first-order valence-corrected chi connectivity index (χ1v) is 6.44. The molecule has 0 fully saturated rings. The van der Waals surface area contributed by atoms with Crippen LogP contribution in [0, 0.1) is 0 Å². The highest BCUT2D eigenvalue weighted by atomic mass is 16.5. The van der Waals surface area contributed by atoms with Gasteiger partial charge in [-0.3, -0.25) is 13.9 Å². The fourth-order valence-electron chi connectivity index (χ4n) is 2.20. The first-order chi connectivity index (χ1) is 9.54. The average molecular weight is 277 g/mol. The van der Waals surface area contributed by atoms with Gasteiger partial charge in [0.2, 0.25) is 5.91 Å². The molecule has 1 aromatic heterocycles. The van der Waals surface area contributed by atoms with E-state index in [1.807, 2.05) is 18.2 Å². The Morgan fingerprint density at radius 3 is 2.65 bits per heavy atom. The van der Waals surface area contributed by atoms with Crippen molar-refractivity contribution >= 4 is 16.9 Å². The van der Waals surface area contributed by atoms with Gasteiger partial charge >= 0.3 is 5.69 Å². The number of rotatable bonds is 5. The molecule has 1 N–H and O–H groups in total. The highest BCUT2D eigenvalue weighted by molar-refractivity contribution is 5.82. The molecule has 0 aliphatic rings. The van der Waals surface area contributed by atoms with Crippen LogP contribution in [0.1, 0.15) is 5.56 Å². The molecule has 2 rings (SSSR count). The van der Waals surface area contributed by atoms with Crippen LogP contribution in [0.4, 0.5) is 0 Å². The van der Waals surface area contributed by atoms with Gasteiger partial charge in [-0.1, -0.05) is 6.07 Å². The quantitative estimate of drug-likeness (QED) is 0.793. The van der Waals surface area contributed by atoms with E-state index in [2.05, 4.69) is 5.32 Å². The topological polar surface area (TPSA) is 65.3 Å². The standard InChI is InChI=1S/C14H19N3O3/c1-16-11-5-4-10(8-12(11)17(2)14(16)19)9-13(18)15-6-7-20-3/h4-5,8H,6-7,9H2,1-3H3,(H,15,18). The molecular formula is C14H19N3O3. The van der Waals surface area contributed by atoms with Gasteiger partial charge in [0, 0.05) is 27.7 Å². The Morgan fingerprint density at radius 1 is 1.25 bits per heavy atom. The summed E-state index contributed by atoms with van der Waals surface area (Å²) >= 11 is 0. The zero-order valence-electron chi connectivity index (χ0n) is 12.0. The van der Waals surface area contributed by atoms with E-state index in [-0.39, 0.29) is 11.6 Å². The third-order valence-electron chi connectivity index (χ3n) is 3.33. The first kappa shape index (κ1) is 14.3. The number of imidazole rings is 1. The van der Waals surface area contributed by atoms with Gasteiger partial charge in [0.25, 0.3) is 0 Å². The Hall–Kier alpha value is -2.08. The van der Waals surface area contributed by atoms with Crippen LogP contribution in [0.5, 0.6) is 0 Å². The van der Waals surface area contributed by atoms with Crippen LogP contribution in [0.2, 0.25) is 0 Å². The van der Waals surface area contributed by atoms with E-state index in [1.165, 1.54) is 0 Å².